The van der Waals surface area contributed by atoms with Crippen molar-refractivity contribution in [2.75, 3.05) is 6.61 Å². The van der Waals surface area contributed by atoms with E-state index in [2.05, 4.69) is 5.10 Å². The maximum atomic E-state index is 11.6. The fourth-order valence-corrected chi connectivity index (χ4v) is 1.75. The molecule has 120 valence electrons. The summed E-state index contributed by atoms with van der Waals surface area (Å²) in [5.41, 5.74) is 1.10. The van der Waals surface area contributed by atoms with Gasteiger partial charge < -0.3 is 9.84 Å². The molecule has 1 aromatic carbocycles. The van der Waals surface area contributed by atoms with E-state index in [9.17, 15) is 14.7 Å². The topological polar surface area (TPSA) is 79.2 Å². The summed E-state index contributed by atoms with van der Waals surface area (Å²) in [4.78, 5) is 22.9. The predicted octanol–water partition coefficient (Wildman–Crippen LogP) is 3.37. The molecule has 0 saturated carbocycles. The summed E-state index contributed by atoms with van der Waals surface area (Å²) in [6.07, 6.45) is -1.12. The predicted molar refractivity (Wildman–Crippen MR) is 84.2 cm³/mol. The molecule has 6 heteroatoms. The van der Waals surface area contributed by atoms with Crippen LogP contribution in [0.25, 0.3) is 0 Å². The van der Waals surface area contributed by atoms with Crippen molar-refractivity contribution in [3.8, 4) is 0 Å². The highest BCUT2D eigenvalue weighted by atomic mass is 16.5. The summed E-state index contributed by atoms with van der Waals surface area (Å²) in [6, 6.07) is 6.70. The molecular weight excluding hydrogens is 284 g/mol. The lowest BCUT2D eigenvalue weighted by molar-refractivity contribution is 0.0526. The van der Waals surface area contributed by atoms with Gasteiger partial charge in [0.1, 0.15) is 0 Å². The van der Waals surface area contributed by atoms with Crippen molar-refractivity contribution < 1.29 is 19.4 Å². The number of rotatable bonds is 4. The summed E-state index contributed by atoms with van der Waals surface area (Å²) in [5.74, 6) is -0.384. The maximum absolute atomic E-state index is 11.6. The van der Waals surface area contributed by atoms with Crippen molar-refractivity contribution in [2.45, 2.75) is 40.2 Å². The van der Waals surface area contributed by atoms with Crippen LogP contribution in [0.3, 0.4) is 0 Å². The number of ether oxygens (including phenoxy) is 1. The number of carbonyl (C=O) groups is 2. The molecule has 22 heavy (non-hydrogen) atoms. The average molecular weight is 306 g/mol. The van der Waals surface area contributed by atoms with Gasteiger partial charge in [0.25, 0.3) is 0 Å². The molecule has 0 radical (unpaired) electrons. The first kappa shape index (κ1) is 17.7. The Balaban J connectivity index is 3.02. The second kappa shape index (κ2) is 7.06. The zero-order valence-electron chi connectivity index (χ0n) is 13.6. The van der Waals surface area contributed by atoms with Crippen LogP contribution in [0.4, 0.5) is 4.79 Å². The Morgan fingerprint density at radius 3 is 2.09 bits per heavy atom. The number of hydrazone groups is 1. The second-order valence-electron chi connectivity index (χ2n) is 5.75. The highest BCUT2D eigenvalue weighted by Crippen LogP contribution is 2.16. The third kappa shape index (κ3) is 4.58. The lowest BCUT2D eigenvalue weighted by atomic mass is 10.1. The molecule has 0 aliphatic carbocycles. The number of carboxylic acid groups (broad SMARTS) is 1. The molecule has 0 unspecified atom stereocenters. The Kier molecular flexibility index (Phi) is 5.68. The minimum atomic E-state index is -1.12. The summed E-state index contributed by atoms with van der Waals surface area (Å²) in [6.45, 7) is 9.09. The monoisotopic (exact) mass is 306 g/mol. The van der Waals surface area contributed by atoms with E-state index in [1.165, 1.54) is 0 Å². The van der Waals surface area contributed by atoms with E-state index in [4.69, 9.17) is 4.74 Å². The SMILES string of the molecule is CCOC(=O)c1ccc(C(C)=NN(C(=O)O)C(C)(C)C)cc1. The fourth-order valence-electron chi connectivity index (χ4n) is 1.75. The van der Waals surface area contributed by atoms with Crippen molar-refractivity contribution in [1.82, 2.24) is 5.01 Å². The van der Waals surface area contributed by atoms with Crippen molar-refractivity contribution in [3.63, 3.8) is 0 Å². The zero-order chi connectivity index (χ0) is 16.9. The maximum Gasteiger partial charge on any atom is 0.428 e. The molecule has 0 aliphatic heterocycles. The molecule has 0 spiro atoms. The van der Waals surface area contributed by atoms with Gasteiger partial charge in [-0.2, -0.15) is 10.1 Å². The first-order chi connectivity index (χ1) is 10.2. The first-order valence-corrected chi connectivity index (χ1v) is 7.02. The number of amides is 1. The van der Waals surface area contributed by atoms with E-state index in [-0.39, 0.29) is 5.97 Å². The van der Waals surface area contributed by atoms with Gasteiger partial charge in [0.15, 0.2) is 0 Å². The summed E-state index contributed by atoms with van der Waals surface area (Å²) in [7, 11) is 0. The van der Waals surface area contributed by atoms with Gasteiger partial charge in [0.05, 0.1) is 23.4 Å². The molecule has 0 atom stereocenters. The molecule has 1 rings (SSSR count). The van der Waals surface area contributed by atoms with Gasteiger partial charge in [-0.05, 0) is 52.3 Å². The van der Waals surface area contributed by atoms with Crippen LogP contribution in [0.2, 0.25) is 0 Å². The summed E-state index contributed by atoms with van der Waals surface area (Å²) >= 11 is 0. The minimum absolute atomic E-state index is 0.320. The lowest BCUT2D eigenvalue weighted by Crippen LogP contribution is -2.41. The van der Waals surface area contributed by atoms with E-state index >= 15 is 0 Å². The number of carbonyl (C=O) groups excluding carboxylic acids is 1. The third-order valence-electron chi connectivity index (χ3n) is 2.88. The fraction of sp³-hybridized carbons (Fsp3) is 0.438. The summed E-state index contributed by atoms with van der Waals surface area (Å²) < 4.78 is 4.91. The van der Waals surface area contributed by atoms with E-state index in [1.54, 1.807) is 58.9 Å². The highest BCUT2D eigenvalue weighted by Gasteiger charge is 2.26. The van der Waals surface area contributed by atoms with Crippen LogP contribution < -0.4 is 0 Å². The van der Waals surface area contributed by atoms with E-state index in [1.807, 2.05) is 0 Å². The highest BCUT2D eigenvalue weighted by molar-refractivity contribution is 6.00. The number of esters is 1. The number of hydrogen-bond donors (Lipinski definition) is 1. The molecule has 1 amide bonds. The molecule has 0 aliphatic rings. The van der Waals surface area contributed by atoms with E-state index < -0.39 is 11.6 Å². The molecular formula is C16H22N2O4. The van der Waals surface area contributed by atoms with Gasteiger partial charge >= 0.3 is 12.1 Å². The van der Waals surface area contributed by atoms with Crippen molar-refractivity contribution in [3.05, 3.63) is 35.4 Å². The van der Waals surface area contributed by atoms with Gasteiger partial charge in [0, 0.05) is 0 Å². The normalized spacial score (nSPS) is 12.0. The number of benzene rings is 1. The summed E-state index contributed by atoms with van der Waals surface area (Å²) in [5, 5.41) is 14.4. The molecule has 0 fully saturated rings. The van der Waals surface area contributed by atoms with Crippen LogP contribution in [-0.4, -0.2) is 40.0 Å². The Bertz CT molecular complexity index is 571. The zero-order valence-corrected chi connectivity index (χ0v) is 13.6. The van der Waals surface area contributed by atoms with Crippen LogP contribution in [0.5, 0.6) is 0 Å². The lowest BCUT2D eigenvalue weighted by Gasteiger charge is -2.28. The number of hydrogen-bond acceptors (Lipinski definition) is 4. The van der Waals surface area contributed by atoms with Crippen molar-refractivity contribution in [2.24, 2.45) is 5.10 Å². The van der Waals surface area contributed by atoms with Gasteiger partial charge in [-0.1, -0.05) is 12.1 Å². The molecule has 1 N–H and O–H groups in total. The molecule has 0 aromatic heterocycles. The van der Waals surface area contributed by atoms with Crippen LogP contribution >= 0.6 is 0 Å². The Labute approximate surface area is 130 Å². The Morgan fingerprint density at radius 1 is 1.18 bits per heavy atom. The van der Waals surface area contributed by atoms with Crippen molar-refractivity contribution in [1.29, 1.82) is 0 Å². The van der Waals surface area contributed by atoms with Gasteiger partial charge in [-0.15, -0.1) is 0 Å². The van der Waals surface area contributed by atoms with E-state index in [0.29, 0.717) is 17.9 Å². The van der Waals surface area contributed by atoms with Crippen LogP contribution in [0.1, 0.15) is 50.5 Å². The second-order valence-corrected chi connectivity index (χ2v) is 5.75. The standard InChI is InChI=1S/C16H22N2O4/c1-6-22-14(19)13-9-7-12(8-10-13)11(2)17-18(15(20)21)16(3,4)5/h7-10H,6H2,1-5H3,(H,20,21). The third-order valence-corrected chi connectivity index (χ3v) is 2.88. The molecule has 0 heterocycles. The van der Waals surface area contributed by atoms with Crippen LogP contribution in [0, 0.1) is 0 Å². The molecule has 1 aromatic rings. The van der Waals surface area contributed by atoms with Crippen LogP contribution in [0.15, 0.2) is 29.4 Å². The van der Waals surface area contributed by atoms with Gasteiger partial charge in [0.2, 0.25) is 0 Å². The minimum Gasteiger partial charge on any atom is -0.464 e. The largest absolute Gasteiger partial charge is 0.464 e. The smallest absolute Gasteiger partial charge is 0.428 e. The molecule has 0 bridgehead atoms. The Hall–Kier alpha value is -2.37. The molecule has 6 nitrogen and oxygen atoms in total. The first-order valence-electron chi connectivity index (χ1n) is 7.02. The quantitative estimate of drug-likeness (QED) is 0.525. The van der Waals surface area contributed by atoms with Gasteiger partial charge in [-0.25, -0.2) is 9.59 Å². The average Bonchev–Trinajstić information content (AvgIpc) is 2.43. The number of nitrogens with zero attached hydrogens (tertiary/aromatic N) is 2. The van der Waals surface area contributed by atoms with Gasteiger partial charge in [-0.3, -0.25) is 0 Å². The Morgan fingerprint density at radius 2 is 1.68 bits per heavy atom. The molecule has 0 saturated heterocycles. The van der Waals surface area contributed by atoms with Crippen LogP contribution in [-0.2, 0) is 4.74 Å². The van der Waals surface area contributed by atoms with Crippen molar-refractivity contribution >= 4 is 17.8 Å². The van der Waals surface area contributed by atoms with E-state index in [0.717, 1.165) is 10.6 Å².